The summed E-state index contributed by atoms with van der Waals surface area (Å²) in [5, 5.41) is 91.0. The Hall–Kier alpha value is -3.09. The van der Waals surface area contributed by atoms with Gasteiger partial charge in [-0.3, -0.25) is 9.59 Å². The maximum absolute atomic E-state index is 12.1. The standard InChI is InChI=1S/C22H30O21/c1-3(23)37-10-7(27)13(17(30)31)41-22(9(10)29)40-11-5(25)6(26)21(43-15(11)18(32)33)42-14-12(38-4(2)24)8(28)20(36)39-16(14)19(34)35/h5-16,20-22,25-29,36H,1-2H3,(H,30,31)(H,32,33)(H,34,35). The first-order valence-corrected chi connectivity index (χ1v) is 12.3. The van der Waals surface area contributed by atoms with E-state index in [0.717, 1.165) is 13.8 Å². The first kappa shape index (κ1) is 34.4. The van der Waals surface area contributed by atoms with E-state index in [4.69, 9.17) is 33.2 Å². The topological polar surface area (TPSA) is 332 Å². The van der Waals surface area contributed by atoms with Crippen LogP contribution in [0.3, 0.4) is 0 Å². The number of rotatable bonds is 9. The van der Waals surface area contributed by atoms with Gasteiger partial charge >= 0.3 is 29.8 Å². The van der Waals surface area contributed by atoms with Crippen LogP contribution < -0.4 is 0 Å². The van der Waals surface area contributed by atoms with Crippen molar-refractivity contribution in [3.05, 3.63) is 0 Å². The summed E-state index contributed by atoms with van der Waals surface area (Å²) in [4.78, 5) is 58.4. The van der Waals surface area contributed by atoms with E-state index in [1.54, 1.807) is 0 Å². The Morgan fingerprint density at radius 3 is 1.44 bits per heavy atom. The molecule has 3 aliphatic rings. The van der Waals surface area contributed by atoms with Crippen LogP contribution in [0.2, 0.25) is 0 Å². The van der Waals surface area contributed by atoms with Crippen LogP contribution >= 0.6 is 0 Å². The van der Waals surface area contributed by atoms with Gasteiger partial charge in [0.1, 0.15) is 42.7 Å². The third kappa shape index (κ3) is 7.35. The van der Waals surface area contributed by atoms with Crippen molar-refractivity contribution in [3.8, 4) is 0 Å². The predicted octanol–water partition coefficient (Wildman–Crippen LogP) is -6.15. The summed E-state index contributed by atoms with van der Waals surface area (Å²) in [5.74, 6) is -7.70. The lowest BCUT2D eigenvalue weighted by Gasteiger charge is -2.47. The molecule has 0 aromatic heterocycles. The molecule has 15 unspecified atom stereocenters. The zero-order valence-corrected chi connectivity index (χ0v) is 22.1. The van der Waals surface area contributed by atoms with Crippen molar-refractivity contribution in [2.24, 2.45) is 0 Å². The van der Waals surface area contributed by atoms with Gasteiger partial charge in [-0.15, -0.1) is 0 Å². The van der Waals surface area contributed by atoms with E-state index in [1.165, 1.54) is 0 Å². The molecule has 0 aliphatic carbocycles. The van der Waals surface area contributed by atoms with Gasteiger partial charge < -0.3 is 79.1 Å². The molecule has 0 bridgehead atoms. The molecule has 3 aliphatic heterocycles. The highest BCUT2D eigenvalue weighted by atomic mass is 16.8. The Labute approximate surface area is 239 Å². The molecule has 21 nitrogen and oxygen atoms in total. The molecule has 9 N–H and O–H groups in total. The summed E-state index contributed by atoms with van der Waals surface area (Å²) >= 11 is 0. The number of esters is 2. The lowest BCUT2D eigenvalue weighted by molar-refractivity contribution is -0.368. The van der Waals surface area contributed by atoms with Crippen LogP contribution in [-0.4, -0.2) is 168 Å². The van der Waals surface area contributed by atoms with E-state index in [9.17, 15) is 69.9 Å². The van der Waals surface area contributed by atoms with E-state index >= 15 is 0 Å². The van der Waals surface area contributed by atoms with Crippen molar-refractivity contribution in [2.45, 2.75) is 106 Å². The minimum Gasteiger partial charge on any atom is -0.479 e. The fraction of sp³-hybridized carbons (Fsp3) is 0.773. The number of aliphatic hydroxyl groups is 6. The maximum atomic E-state index is 12.1. The molecule has 3 heterocycles. The van der Waals surface area contributed by atoms with Gasteiger partial charge in [0, 0.05) is 13.8 Å². The van der Waals surface area contributed by atoms with Gasteiger partial charge in [-0.05, 0) is 0 Å². The molecule has 0 amide bonds. The quantitative estimate of drug-likeness (QED) is 0.107. The summed E-state index contributed by atoms with van der Waals surface area (Å²) in [6.45, 7) is 1.73. The second-order valence-corrected chi connectivity index (χ2v) is 9.61. The fourth-order valence-electron chi connectivity index (χ4n) is 4.61. The first-order chi connectivity index (χ1) is 20.0. The van der Waals surface area contributed by atoms with Crippen molar-refractivity contribution >= 4 is 29.8 Å². The molecule has 0 aromatic rings. The number of carboxylic acids is 3. The molecular weight excluding hydrogens is 600 g/mol. The van der Waals surface area contributed by atoms with Gasteiger partial charge in [0.05, 0.1) is 0 Å². The van der Waals surface area contributed by atoms with Crippen LogP contribution in [-0.2, 0) is 57.1 Å². The summed E-state index contributed by atoms with van der Waals surface area (Å²) < 4.78 is 35.1. The number of ether oxygens (including phenoxy) is 7. The molecule has 0 spiro atoms. The average molecular weight is 630 g/mol. The van der Waals surface area contributed by atoms with E-state index in [1.807, 2.05) is 0 Å². The Kier molecular flexibility index (Phi) is 11.0. The van der Waals surface area contributed by atoms with Crippen molar-refractivity contribution < 1.29 is 103 Å². The average Bonchev–Trinajstić information content (AvgIpc) is 2.90. The molecule has 43 heavy (non-hydrogen) atoms. The summed E-state index contributed by atoms with van der Waals surface area (Å²) in [5.41, 5.74) is 0. The lowest BCUT2D eigenvalue weighted by Crippen LogP contribution is -2.68. The van der Waals surface area contributed by atoms with Gasteiger partial charge in [-0.2, -0.15) is 0 Å². The molecule has 3 saturated heterocycles. The molecule has 15 atom stereocenters. The summed E-state index contributed by atoms with van der Waals surface area (Å²) in [6, 6.07) is 0. The summed E-state index contributed by atoms with van der Waals surface area (Å²) in [6.07, 6.45) is -32.7. The van der Waals surface area contributed by atoms with E-state index in [0.29, 0.717) is 0 Å². The van der Waals surface area contributed by atoms with E-state index in [-0.39, 0.29) is 0 Å². The van der Waals surface area contributed by atoms with Crippen LogP contribution in [0.15, 0.2) is 0 Å². The van der Waals surface area contributed by atoms with E-state index < -0.39 is 122 Å². The van der Waals surface area contributed by atoms with Crippen LogP contribution in [0.4, 0.5) is 0 Å². The normalized spacial score (nSPS) is 43.3. The number of aliphatic carboxylic acids is 3. The largest absolute Gasteiger partial charge is 0.479 e. The third-order valence-electron chi connectivity index (χ3n) is 6.54. The fourth-order valence-corrected chi connectivity index (χ4v) is 4.61. The van der Waals surface area contributed by atoms with Crippen LogP contribution in [0.25, 0.3) is 0 Å². The number of carboxylic acid groups (broad SMARTS) is 3. The van der Waals surface area contributed by atoms with Gasteiger partial charge in [-0.25, -0.2) is 14.4 Å². The monoisotopic (exact) mass is 630 g/mol. The van der Waals surface area contributed by atoms with Gasteiger partial charge in [0.25, 0.3) is 0 Å². The zero-order valence-electron chi connectivity index (χ0n) is 22.1. The van der Waals surface area contributed by atoms with Crippen LogP contribution in [0.1, 0.15) is 13.8 Å². The first-order valence-electron chi connectivity index (χ1n) is 12.3. The minimum atomic E-state index is -2.35. The van der Waals surface area contributed by atoms with E-state index in [2.05, 4.69) is 0 Å². The van der Waals surface area contributed by atoms with Crippen LogP contribution in [0, 0.1) is 0 Å². The lowest BCUT2D eigenvalue weighted by atomic mass is 9.95. The minimum absolute atomic E-state index is 0.862. The van der Waals surface area contributed by atoms with Crippen molar-refractivity contribution in [3.63, 3.8) is 0 Å². The van der Waals surface area contributed by atoms with Crippen molar-refractivity contribution in [1.82, 2.24) is 0 Å². The van der Waals surface area contributed by atoms with Gasteiger partial charge in [0.2, 0.25) is 0 Å². The molecule has 0 aromatic carbocycles. The van der Waals surface area contributed by atoms with Gasteiger partial charge in [0.15, 0.2) is 49.4 Å². The van der Waals surface area contributed by atoms with Gasteiger partial charge in [-0.1, -0.05) is 0 Å². The highest BCUT2D eigenvalue weighted by Crippen LogP contribution is 2.33. The Morgan fingerprint density at radius 2 is 0.930 bits per heavy atom. The summed E-state index contributed by atoms with van der Waals surface area (Å²) in [7, 11) is 0. The molecular formula is C22H30O21. The number of carbonyl (C=O) groups excluding carboxylic acids is 2. The second-order valence-electron chi connectivity index (χ2n) is 9.61. The Balaban J connectivity index is 1.88. The number of hydrogen-bond donors (Lipinski definition) is 9. The molecule has 3 fully saturated rings. The van der Waals surface area contributed by atoms with Crippen molar-refractivity contribution in [1.29, 1.82) is 0 Å². The highest BCUT2D eigenvalue weighted by Gasteiger charge is 2.57. The second kappa shape index (κ2) is 13.7. The molecule has 0 radical (unpaired) electrons. The molecule has 21 heteroatoms. The third-order valence-corrected chi connectivity index (χ3v) is 6.54. The number of aliphatic hydroxyl groups excluding tert-OH is 6. The SMILES string of the molecule is CC(=O)OC1C(O)C(OC2C(C(=O)O)OC(OC3C(C(=O)O)OC(O)C(O)C3OC(C)=O)C(O)C2O)OC(C(=O)O)C1O. The number of hydrogen-bond acceptors (Lipinski definition) is 18. The Bertz CT molecular complexity index is 1070. The molecule has 244 valence electrons. The number of carbonyl (C=O) groups is 5. The maximum Gasteiger partial charge on any atom is 0.335 e. The van der Waals surface area contributed by atoms with Crippen LogP contribution in [0.5, 0.6) is 0 Å². The molecule has 0 saturated carbocycles. The predicted molar refractivity (Wildman–Crippen MR) is 122 cm³/mol. The zero-order chi connectivity index (χ0) is 32.5. The molecule has 3 rings (SSSR count). The Morgan fingerprint density at radius 1 is 0.488 bits per heavy atom. The smallest absolute Gasteiger partial charge is 0.335 e. The highest BCUT2D eigenvalue weighted by molar-refractivity contribution is 5.75. The van der Waals surface area contributed by atoms with Crippen molar-refractivity contribution in [2.75, 3.05) is 0 Å².